The minimum absolute atomic E-state index is 0.191. The Bertz CT molecular complexity index is 575. The predicted octanol–water partition coefficient (Wildman–Crippen LogP) is 3.06. The van der Waals surface area contributed by atoms with E-state index in [2.05, 4.69) is 9.97 Å². The van der Waals surface area contributed by atoms with Crippen LogP contribution in [0.1, 0.15) is 10.4 Å². The van der Waals surface area contributed by atoms with E-state index in [1.807, 2.05) is 0 Å². The van der Waals surface area contributed by atoms with E-state index < -0.39 is 0 Å². The molecule has 0 atom stereocenters. The first-order valence-corrected chi connectivity index (χ1v) is 5.84. The molecule has 0 spiro atoms. The summed E-state index contributed by atoms with van der Waals surface area (Å²) in [5, 5.41) is 0.516. The second kappa shape index (κ2) is 5.33. The Balaban J connectivity index is 2.28. The van der Waals surface area contributed by atoms with Crippen molar-refractivity contribution in [1.82, 2.24) is 9.97 Å². The fourth-order valence-corrected chi connectivity index (χ4v) is 1.66. The van der Waals surface area contributed by atoms with Crippen LogP contribution in [0.15, 0.2) is 36.8 Å². The second-order valence-electron chi connectivity index (χ2n) is 3.57. The normalized spacial score (nSPS) is 10.2. The van der Waals surface area contributed by atoms with Crippen LogP contribution in [0.25, 0.3) is 0 Å². The highest BCUT2D eigenvalue weighted by Gasteiger charge is 2.14. The molecule has 0 aromatic carbocycles. The number of hydrogen-bond donors (Lipinski definition) is 0. The Kier molecular flexibility index (Phi) is 3.79. The Morgan fingerprint density at radius 2 is 2.11 bits per heavy atom. The third-order valence-corrected chi connectivity index (χ3v) is 3.07. The largest absolute Gasteiger partial charge is 0.310 e. The maximum Gasteiger partial charge on any atom is 0.259 e. The van der Waals surface area contributed by atoms with Crippen molar-refractivity contribution in [2.24, 2.45) is 0 Å². The predicted molar refractivity (Wildman–Crippen MR) is 71.2 cm³/mol. The SMILES string of the molecule is CN(C(=O)c1cccnc1)c1cnc(Cl)c(Cl)c1. The molecule has 0 aliphatic heterocycles. The molecule has 0 aliphatic rings. The molecule has 0 aliphatic carbocycles. The van der Waals surface area contributed by atoms with Crippen molar-refractivity contribution in [2.75, 3.05) is 11.9 Å². The molecule has 2 heterocycles. The van der Waals surface area contributed by atoms with Crippen LogP contribution in [0.5, 0.6) is 0 Å². The van der Waals surface area contributed by atoms with Crippen molar-refractivity contribution in [2.45, 2.75) is 0 Å². The van der Waals surface area contributed by atoms with Gasteiger partial charge in [-0.3, -0.25) is 9.78 Å². The van der Waals surface area contributed by atoms with E-state index in [4.69, 9.17) is 23.2 Å². The van der Waals surface area contributed by atoms with Crippen LogP contribution in [0.2, 0.25) is 10.2 Å². The molecule has 0 radical (unpaired) electrons. The molecule has 1 amide bonds. The highest BCUT2D eigenvalue weighted by atomic mass is 35.5. The number of hydrogen-bond acceptors (Lipinski definition) is 3. The highest BCUT2D eigenvalue weighted by Crippen LogP contribution is 2.24. The van der Waals surface area contributed by atoms with E-state index in [1.54, 1.807) is 31.4 Å². The van der Waals surface area contributed by atoms with E-state index in [0.717, 1.165) is 0 Å². The third kappa shape index (κ3) is 2.60. The monoisotopic (exact) mass is 281 g/mol. The summed E-state index contributed by atoms with van der Waals surface area (Å²) in [6.45, 7) is 0. The number of nitrogens with zero attached hydrogens (tertiary/aromatic N) is 3. The Labute approximate surface area is 114 Å². The van der Waals surface area contributed by atoms with Gasteiger partial charge in [0.05, 0.1) is 22.5 Å². The van der Waals surface area contributed by atoms with Gasteiger partial charge in [0, 0.05) is 19.4 Å². The highest BCUT2D eigenvalue weighted by molar-refractivity contribution is 6.41. The molecule has 0 saturated carbocycles. The first-order valence-electron chi connectivity index (χ1n) is 5.08. The van der Waals surface area contributed by atoms with Crippen molar-refractivity contribution >= 4 is 34.8 Å². The molecule has 4 nitrogen and oxygen atoms in total. The summed E-state index contributed by atoms with van der Waals surface area (Å²) < 4.78 is 0. The fraction of sp³-hybridized carbons (Fsp3) is 0.0833. The number of pyridine rings is 2. The van der Waals surface area contributed by atoms with Crippen LogP contribution in [-0.2, 0) is 0 Å². The van der Waals surface area contributed by atoms with Crippen LogP contribution < -0.4 is 4.90 Å². The molecule has 6 heteroatoms. The van der Waals surface area contributed by atoms with Gasteiger partial charge < -0.3 is 4.90 Å². The summed E-state index contributed by atoms with van der Waals surface area (Å²) in [5.74, 6) is -0.191. The lowest BCUT2D eigenvalue weighted by Crippen LogP contribution is -2.26. The second-order valence-corrected chi connectivity index (χ2v) is 4.34. The van der Waals surface area contributed by atoms with E-state index >= 15 is 0 Å². The summed E-state index contributed by atoms with van der Waals surface area (Å²) in [7, 11) is 1.64. The van der Waals surface area contributed by atoms with Crippen LogP contribution >= 0.6 is 23.2 Å². The molecule has 0 fully saturated rings. The molecule has 2 rings (SSSR count). The summed E-state index contributed by atoms with van der Waals surface area (Å²) in [6, 6.07) is 4.98. The van der Waals surface area contributed by atoms with Crippen molar-refractivity contribution in [3.63, 3.8) is 0 Å². The standard InChI is InChI=1S/C12H9Cl2N3O/c1-17(9-5-10(13)11(14)16-7-9)12(18)8-3-2-4-15-6-8/h2-7H,1H3. The molecule has 2 aromatic rings. The van der Waals surface area contributed by atoms with Crippen LogP contribution in [0.3, 0.4) is 0 Å². The lowest BCUT2D eigenvalue weighted by atomic mass is 10.2. The third-order valence-electron chi connectivity index (χ3n) is 2.38. The van der Waals surface area contributed by atoms with E-state index in [1.165, 1.54) is 17.3 Å². The zero-order chi connectivity index (χ0) is 13.1. The van der Waals surface area contributed by atoms with Crippen LogP contribution in [0.4, 0.5) is 5.69 Å². The van der Waals surface area contributed by atoms with Gasteiger partial charge in [-0.05, 0) is 18.2 Å². The van der Waals surface area contributed by atoms with Crippen molar-refractivity contribution in [1.29, 1.82) is 0 Å². The maximum atomic E-state index is 12.1. The molecular weight excluding hydrogens is 273 g/mol. The van der Waals surface area contributed by atoms with E-state index in [9.17, 15) is 4.79 Å². The molecule has 0 bridgehead atoms. The zero-order valence-electron chi connectivity index (χ0n) is 9.47. The topological polar surface area (TPSA) is 46.1 Å². The lowest BCUT2D eigenvalue weighted by molar-refractivity contribution is 0.0992. The van der Waals surface area contributed by atoms with Gasteiger partial charge in [0.2, 0.25) is 0 Å². The quantitative estimate of drug-likeness (QED) is 0.795. The van der Waals surface area contributed by atoms with Crippen LogP contribution in [-0.4, -0.2) is 22.9 Å². The number of carbonyl (C=O) groups excluding carboxylic acids is 1. The number of anilines is 1. The molecule has 18 heavy (non-hydrogen) atoms. The average Bonchev–Trinajstić information content (AvgIpc) is 2.41. The average molecular weight is 282 g/mol. The van der Waals surface area contributed by atoms with E-state index in [-0.39, 0.29) is 11.1 Å². The zero-order valence-corrected chi connectivity index (χ0v) is 11.0. The Morgan fingerprint density at radius 3 is 2.72 bits per heavy atom. The summed E-state index contributed by atoms with van der Waals surface area (Å²) in [6.07, 6.45) is 4.60. The summed E-state index contributed by atoms with van der Waals surface area (Å²) in [5.41, 5.74) is 1.06. The van der Waals surface area contributed by atoms with Gasteiger partial charge in [-0.25, -0.2) is 4.98 Å². The number of rotatable bonds is 2. The minimum atomic E-state index is -0.191. The van der Waals surface area contributed by atoms with Gasteiger partial charge in [-0.2, -0.15) is 0 Å². The number of carbonyl (C=O) groups is 1. The number of halogens is 2. The number of amides is 1. The van der Waals surface area contributed by atoms with E-state index in [0.29, 0.717) is 16.3 Å². The smallest absolute Gasteiger partial charge is 0.259 e. The molecular formula is C12H9Cl2N3O. The molecule has 0 saturated heterocycles. The molecule has 0 unspecified atom stereocenters. The maximum absolute atomic E-state index is 12.1. The van der Waals surface area contributed by atoms with Gasteiger partial charge >= 0.3 is 0 Å². The lowest BCUT2D eigenvalue weighted by Gasteiger charge is -2.17. The Morgan fingerprint density at radius 1 is 1.33 bits per heavy atom. The first-order chi connectivity index (χ1) is 8.59. The van der Waals surface area contributed by atoms with Gasteiger partial charge in [0.15, 0.2) is 0 Å². The van der Waals surface area contributed by atoms with Gasteiger partial charge in [0.25, 0.3) is 5.91 Å². The summed E-state index contributed by atoms with van der Waals surface area (Å²) >= 11 is 11.6. The minimum Gasteiger partial charge on any atom is -0.310 e. The fourth-order valence-electron chi connectivity index (χ4n) is 1.39. The van der Waals surface area contributed by atoms with Gasteiger partial charge in [-0.1, -0.05) is 23.2 Å². The molecule has 0 N–H and O–H groups in total. The first kappa shape index (κ1) is 12.8. The summed E-state index contributed by atoms with van der Waals surface area (Å²) in [4.78, 5) is 21.4. The molecule has 92 valence electrons. The van der Waals surface area contributed by atoms with Crippen LogP contribution in [0, 0.1) is 0 Å². The van der Waals surface area contributed by atoms with Gasteiger partial charge in [-0.15, -0.1) is 0 Å². The van der Waals surface area contributed by atoms with Crippen molar-refractivity contribution in [3.8, 4) is 0 Å². The van der Waals surface area contributed by atoms with Crippen molar-refractivity contribution < 1.29 is 4.79 Å². The number of aromatic nitrogens is 2. The van der Waals surface area contributed by atoms with Gasteiger partial charge in [0.1, 0.15) is 5.15 Å². The Hall–Kier alpha value is -1.65. The molecule has 2 aromatic heterocycles. The van der Waals surface area contributed by atoms with Crippen molar-refractivity contribution in [3.05, 3.63) is 52.5 Å².